The average Bonchev–Trinajstić information content (AvgIpc) is 2.84. The summed E-state index contributed by atoms with van der Waals surface area (Å²) in [6.45, 7) is 3.77. The zero-order valence-electron chi connectivity index (χ0n) is 12.1. The van der Waals surface area contributed by atoms with Crippen molar-refractivity contribution in [2.24, 2.45) is 0 Å². The molecule has 0 aliphatic rings. The molecule has 22 heavy (non-hydrogen) atoms. The lowest BCUT2D eigenvalue weighted by Crippen LogP contribution is -2.15. The highest BCUT2D eigenvalue weighted by atomic mass is 32.1. The molecule has 0 aliphatic heterocycles. The van der Waals surface area contributed by atoms with Crippen LogP contribution in [0.2, 0.25) is 0 Å². The van der Waals surface area contributed by atoms with E-state index in [1.807, 2.05) is 19.9 Å². The van der Waals surface area contributed by atoms with Gasteiger partial charge in [-0.1, -0.05) is 23.5 Å². The van der Waals surface area contributed by atoms with E-state index in [0.717, 1.165) is 21.3 Å². The maximum Gasteiger partial charge on any atom is 0.258 e. The Morgan fingerprint density at radius 1 is 1.32 bits per heavy atom. The third-order valence-electron chi connectivity index (χ3n) is 3.49. The number of fused-ring (bicyclic) bond motifs is 1. The summed E-state index contributed by atoms with van der Waals surface area (Å²) >= 11 is 1.37. The van der Waals surface area contributed by atoms with E-state index in [1.165, 1.54) is 23.5 Å². The van der Waals surface area contributed by atoms with Crippen LogP contribution in [0.1, 0.15) is 21.5 Å². The first-order chi connectivity index (χ1) is 10.5. The minimum atomic E-state index is -0.543. The topological polar surface area (TPSA) is 68.0 Å². The zero-order valence-corrected chi connectivity index (χ0v) is 12.9. The molecule has 0 fully saturated rings. The van der Waals surface area contributed by atoms with Crippen molar-refractivity contribution in [2.75, 3.05) is 11.1 Å². The molecule has 112 valence electrons. The fourth-order valence-electron chi connectivity index (χ4n) is 2.42. The van der Waals surface area contributed by atoms with Crippen molar-refractivity contribution in [3.05, 3.63) is 52.8 Å². The quantitative estimate of drug-likeness (QED) is 0.754. The van der Waals surface area contributed by atoms with Crippen molar-refractivity contribution in [1.82, 2.24) is 4.98 Å². The number of thiazole rings is 1. The summed E-state index contributed by atoms with van der Waals surface area (Å²) in [6, 6.07) is 7.77. The van der Waals surface area contributed by atoms with Crippen molar-refractivity contribution in [2.45, 2.75) is 13.8 Å². The van der Waals surface area contributed by atoms with Gasteiger partial charge in [0.25, 0.3) is 5.91 Å². The number of carbonyl (C=O) groups excluding carboxylic acids is 1. The molecule has 4 nitrogen and oxygen atoms in total. The van der Waals surface area contributed by atoms with Crippen LogP contribution >= 0.6 is 11.3 Å². The number of amides is 1. The molecular weight excluding hydrogens is 301 g/mol. The molecule has 6 heteroatoms. The van der Waals surface area contributed by atoms with E-state index in [1.54, 1.807) is 12.1 Å². The Morgan fingerprint density at radius 2 is 2.05 bits per heavy atom. The highest BCUT2D eigenvalue weighted by molar-refractivity contribution is 7.22. The van der Waals surface area contributed by atoms with Crippen LogP contribution < -0.4 is 11.1 Å². The number of halogens is 1. The predicted molar refractivity (Wildman–Crippen MR) is 87.9 cm³/mol. The van der Waals surface area contributed by atoms with E-state index in [0.29, 0.717) is 10.8 Å². The summed E-state index contributed by atoms with van der Waals surface area (Å²) in [5.41, 5.74) is 8.98. The van der Waals surface area contributed by atoms with Gasteiger partial charge in [-0.3, -0.25) is 4.79 Å². The molecule has 1 amide bonds. The number of aromatic nitrogens is 1. The smallest absolute Gasteiger partial charge is 0.258 e. The Morgan fingerprint density at radius 3 is 2.77 bits per heavy atom. The number of hydrogen-bond acceptors (Lipinski definition) is 4. The van der Waals surface area contributed by atoms with E-state index >= 15 is 0 Å². The van der Waals surface area contributed by atoms with Crippen molar-refractivity contribution >= 4 is 38.3 Å². The van der Waals surface area contributed by atoms with E-state index in [-0.39, 0.29) is 5.56 Å². The van der Waals surface area contributed by atoms with Gasteiger partial charge >= 0.3 is 0 Å². The maximum absolute atomic E-state index is 13.7. The van der Waals surface area contributed by atoms with Gasteiger partial charge in [0.2, 0.25) is 0 Å². The SMILES string of the molecule is Cc1cc2nc(N)sc2c(C)c1NC(=O)c1ccccc1F. The van der Waals surface area contributed by atoms with Crippen LogP contribution in [-0.2, 0) is 0 Å². The van der Waals surface area contributed by atoms with Crippen LogP contribution in [0.15, 0.2) is 30.3 Å². The number of aryl methyl sites for hydroxylation is 2. The minimum Gasteiger partial charge on any atom is -0.375 e. The standard InChI is InChI=1S/C16H14FN3OS/c1-8-7-12-14(22-16(18)19-12)9(2)13(8)20-15(21)10-5-3-4-6-11(10)17/h3-7H,1-2H3,(H2,18,19)(H,20,21). The lowest BCUT2D eigenvalue weighted by molar-refractivity contribution is 0.102. The predicted octanol–water partition coefficient (Wildman–Crippen LogP) is 3.89. The lowest BCUT2D eigenvalue weighted by atomic mass is 10.1. The minimum absolute atomic E-state index is 0.0187. The molecule has 0 saturated carbocycles. The van der Waals surface area contributed by atoms with Gasteiger partial charge in [0.05, 0.1) is 15.8 Å². The van der Waals surface area contributed by atoms with E-state index in [2.05, 4.69) is 10.3 Å². The van der Waals surface area contributed by atoms with Crippen LogP contribution in [0.5, 0.6) is 0 Å². The number of carbonyl (C=O) groups is 1. The molecule has 0 atom stereocenters. The van der Waals surface area contributed by atoms with Gasteiger partial charge in [0, 0.05) is 5.69 Å². The number of nitrogens with one attached hydrogen (secondary N) is 1. The molecule has 0 radical (unpaired) electrons. The number of rotatable bonds is 2. The Kier molecular flexibility index (Phi) is 3.54. The summed E-state index contributed by atoms with van der Waals surface area (Å²) < 4.78 is 14.6. The largest absolute Gasteiger partial charge is 0.375 e. The fourth-order valence-corrected chi connectivity index (χ4v) is 3.24. The van der Waals surface area contributed by atoms with Crippen LogP contribution in [-0.4, -0.2) is 10.9 Å². The number of nitrogen functional groups attached to an aromatic ring is 1. The molecule has 0 spiro atoms. The number of nitrogens with two attached hydrogens (primary N) is 1. The van der Waals surface area contributed by atoms with Crippen LogP contribution in [0.25, 0.3) is 10.2 Å². The number of nitrogens with zero attached hydrogens (tertiary/aromatic N) is 1. The lowest BCUT2D eigenvalue weighted by Gasteiger charge is -2.12. The fraction of sp³-hybridized carbons (Fsp3) is 0.125. The summed E-state index contributed by atoms with van der Waals surface area (Å²) in [4.78, 5) is 16.5. The van der Waals surface area contributed by atoms with Crippen molar-refractivity contribution in [3.63, 3.8) is 0 Å². The molecule has 3 N–H and O–H groups in total. The number of hydrogen-bond donors (Lipinski definition) is 2. The van der Waals surface area contributed by atoms with E-state index in [9.17, 15) is 9.18 Å². The normalized spacial score (nSPS) is 10.9. The first-order valence-electron chi connectivity index (χ1n) is 6.69. The van der Waals surface area contributed by atoms with Gasteiger partial charge in [-0.25, -0.2) is 9.37 Å². The molecule has 0 unspecified atom stereocenters. The summed E-state index contributed by atoms with van der Waals surface area (Å²) in [6.07, 6.45) is 0. The molecule has 1 heterocycles. The second-order valence-electron chi connectivity index (χ2n) is 5.03. The molecule has 3 aromatic rings. The maximum atomic E-state index is 13.7. The van der Waals surface area contributed by atoms with Crippen LogP contribution in [0, 0.1) is 19.7 Å². The number of anilines is 2. The van der Waals surface area contributed by atoms with E-state index < -0.39 is 11.7 Å². The molecule has 1 aromatic heterocycles. The summed E-state index contributed by atoms with van der Waals surface area (Å²) in [5.74, 6) is -1.01. The molecule has 3 rings (SSSR count). The monoisotopic (exact) mass is 315 g/mol. The van der Waals surface area contributed by atoms with Gasteiger partial charge in [0.15, 0.2) is 5.13 Å². The Hall–Kier alpha value is -2.47. The van der Waals surface area contributed by atoms with Gasteiger partial charge in [-0.15, -0.1) is 0 Å². The first kappa shape index (κ1) is 14.5. The van der Waals surface area contributed by atoms with Crippen LogP contribution in [0.4, 0.5) is 15.2 Å². The van der Waals surface area contributed by atoms with Gasteiger partial charge < -0.3 is 11.1 Å². The molecule has 0 aliphatic carbocycles. The first-order valence-corrected chi connectivity index (χ1v) is 7.51. The summed E-state index contributed by atoms with van der Waals surface area (Å²) in [5, 5.41) is 3.28. The van der Waals surface area contributed by atoms with Crippen LogP contribution in [0.3, 0.4) is 0 Å². The second kappa shape index (κ2) is 5.38. The highest BCUT2D eigenvalue weighted by Gasteiger charge is 2.16. The number of benzene rings is 2. The average molecular weight is 315 g/mol. The third-order valence-corrected chi connectivity index (χ3v) is 4.51. The van der Waals surface area contributed by atoms with Gasteiger partial charge in [0.1, 0.15) is 5.82 Å². The van der Waals surface area contributed by atoms with Gasteiger partial charge in [-0.2, -0.15) is 0 Å². The van der Waals surface area contributed by atoms with Crippen molar-refractivity contribution < 1.29 is 9.18 Å². The Bertz CT molecular complexity index is 888. The molecular formula is C16H14FN3OS. The Labute approximate surface area is 130 Å². The van der Waals surface area contributed by atoms with Crippen molar-refractivity contribution in [3.8, 4) is 0 Å². The summed E-state index contributed by atoms with van der Waals surface area (Å²) in [7, 11) is 0. The molecule has 2 aromatic carbocycles. The Balaban J connectivity index is 2.04. The molecule has 0 saturated heterocycles. The van der Waals surface area contributed by atoms with E-state index in [4.69, 9.17) is 5.73 Å². The second-order valence-corrected chi connectivity index (χ2v) is 6.06. The third kappa shape index (κ3) is 2.42. The highest BCUT2D eigenvalue weighted by Crippen LogP contribution is 2.34. The zero-order chi connectivity index (χ0) is 15.9. The van der Waals surface area contributed by atoms with Gasteiger partial charge in [-0.05, 0) is 43.2 Å². The van der Waals surface area contributed by atoms with Crippen molar-refractivity contribution in [1.29, 1.82) is 0 Å². The molecule has 0 bridgehead atoms.